The highest BCUT2D eigenvalue weighted by Crippen LogP contribution is 2.32. The highest BCUT2D eigenvalue weighted by Gasteiger charge is 2.26. The van der Waals surface area contributed by atoms with E-state index < -0.39 is 0 Å². The van der Waals surface area contributed by atoms with E-state index in [0.29, 0.717) is 17.9 Å². The molecule has 0 amide bonds. The van der Waals surface area contributed by atoms with Crippen molar-refractivity contribution >= 4 is 22.7 Å². The zero-order chi connectivity index (χ0) is 14.8. The van der Waals surface area contributed by atoms with Crippen molar-refractivity contribution in [3.63, 3.8) is 0 Å². The van der Waals surface area contributed by atoms with Gasteiger partial charge in [0.1, 0.15) is 5.82 Å². The maximum Gasteiger partial charge on any atom is 0.224 e. The lowest BCUT2D eigenvalue weighted by Gasteiger charge is -2.33. The first-order chi connectivity index (χ1) is 10.2. The number of hydrogen-bond donors (Lipinski definition) is 2. The fourth-order valence-corrected chi connectivity index (χ4v) is 3.35. The topological polar surface area (TPSA) is 49.8 Å². The molecule has 1 fully saturated rings. The molecule has 0 saturated heterocycles. The van der Waals surface area contributed by atoms with E-state index in [1.165, 1.54) is 19.3 Å². The van der Waals surface area contributed by atoms with Crippen LogP contribution in [-0.4, -0.2) is 23.1 Å². The Hall–Kier alpha value is -1.84. The van der Waals surface area contributed by atoms with Gasteiger partial charge < -0.3 is 10.6 Å². The minimum Gasteiger partial charge on any atom is -0.366 e. The first-order valence-corrected chi connectivity index (χ1v) is 7.88. The summed E-state index contributed by atoms with van der Waals surface area (Å²) in [6.07, 6.45) is 3.80. The molecule has 1 aliphatic carbocycles. The van der Waals surface area contributed by atoms with Gasteiger partial charge in [0, 0.05) is 18.5 Å². The van der Waals surface area contributed by atoms with Crippen LogP contribution in [0.1, 0.15) is 33.1 Å². The Bertz CT molecular complexity index is 625. The number of nitrogens with one attached hydrogen (secondary N) is 2. The highest BCUT2D eigenvalue weighted by atomic mass is 15.1. The molecule has 0 bridgehead atoms. The zero-order valence-corrected chi connectivity index (χ0v) is 13.1. The minimum atomic E-state index is 0.504. The molecule has 1 aliphatic rings. The molecule has 21 heavy (non-hydrogen) atoms. The molecule has 1 heterocycles. The summed E-state index contributed by atoms with van der Waals surface area (Å²) in [7, 11) is 1.86. The molecule has 1 aromatic heterocycles. The Morgan fingerprint density at radius 3 is 2.67 bits per heavy atom. The average Bonchev–Trinajstić information content (AvgIpc) is 2.49. The van der Waals surface area contributed by atoms with Crippen molar-refractivity contribution in [2.45, 2.75) is 39.2 Å². The second-order valence-electron chi connectivity index (χ2n) is 6.31. The van der Waals surface area contributed by atoms with E-state index in [1.807, 2.05) is 25.2 Å². The van der Waals surface area contributed by atoms with Gasteiger partial charge in [-0.15, -0.1) is 0 Å². The van der Waals surface area contributed by atoms with Crippen LogP contribution >= 0.6 is 0 Å². The number of benzene rings is 1. The van der Waals surface area contributed by atoms with E-state index in [4.69, 9.17) is 0 Å². The lowest BCUT2D eigenvalue weighted by atomic mass is 9.80. The van der Waals surface area contributed by atoms with Gasteiger partial charge in [-0.05, 0) is 43.2 Å². The Kier molecular flexibility index (Phi) is 3.95. The summed E-state index contributed by atoms with van der Waals surface area (Å²) in [6.45, 7) is 4.70. The number of fused-ring (bicyclic) bond motifs is 1. The Balaban J connectivity index is 1.92. The van der Waals surface area contributed by atoms with Crippen molar-refractivity contribution in [3.05, 3.63) is 24.3 Å². The van der Waals surface area contributed by atoms with E-state index in [1.54, 1.807) is 0 Å². The molecule has 3 unspecified atom stereocenters. The number of aromatic nitrogens is 2. The fourth-order valence-electron chi connectivity index (χ4n) is 3.35. The molecule has 0 radical (unpaired) electrons. The SMILES string of the molecule is CNc1nc(NC2CCC(C)CC2C)c2ccccc2n1. The standard InChI is InChI=1S/C17H24N4/c1-11-8-9-14(12(2)10-11)19-16-13-6-4-5-7-15(13)20-17(18-3)21-16/h4-7,11-12,14H,8-10H2,1-3H3,(H2,18,19,20,21). The van der Waals surface area contributed by atoms with Crippen LogP contribution in [0.15, 0.2) is 24.3 Å². The summed E-state index contributed by atoms with van der Waals surface area (Å²) in [6, 6.07) is 8.69. The van der Waals surface area contributed by atoms with Crippen molar-refractivity contribution < 1.29 is 0 Å². The van der Waals surface area contributed by atoms with Crippen LogP contribution in [0.25, 0.3) is 10.9 Å². The second-order valence-corrected chi connectivity index (χ2v) is 6.31. The van der Waals surface area contributed by atoms with Crippen molar-refractivity contribution in [1.82, 2.24) is 9.97 Å². The summed E-state index contributed by atoms with van der Waals surface area (Å²) >= 11 is 0. The first kappa shape index (κ1) is 14.1. The monoisotopic (exact) mass is 284 g/mol. The second kappa shape index (κ2) is 5.88. The molecule has 4 nitrogen and oxygen atoms in total. The molecule has 4 heteroatoms. The molecule has 3 atom stereocenters. The molecule has 3 rings (SSSR count). The third kappa shape index (κ3) is 2.94. The van der Waals surface area contributed by atoms with Gasteiger partial charge in [-0.1, -0.05) is 26.0 Å². The molecule has 0 aliphatic heterocycles. The predicted molar refractivity (Wildman–Crippen MR) is 88.7 cm³/mol. The zero-order valence-electron chi connectivity index (χ0n) is 13.1. The van der Waals surface area contributed by atoms with Crippen molar-refractivity contribution in [3.8, 4) is 0 Å². The molecule has 0 spiro atoms. The van der Waals surface area contributed by atoms with Crippen LogP contribution in [0.2, 0.25) is 0 Å². The van der Waals surface area contributed by atoms with Gasteiger partial charge in [0.15, 0.2) is 0 Å². The van der Waals surface area contributed by atoms with Crippen LogP contribution in [0.4, 0.5) is 11.8 Å². The van der Waals surface area contributed by atoms with Crippen LogP contribution in [0, 0.1) is 11.8 Å². The van der Waals surface area contributed by atoms with Gasteiger partial charge in [0.25, 0.3) is 0 Å². The van der Waals surface area contributed by atoms with Gasteiger partial charge in [-0.3, -0.25) is 0 Å². The van der Waals surface area contributed by atoms with Crippen molar-refractivity contribution in [2.24, 2.45) is 11.8 Å². The maximum atomic E-state index is 4.63. The Morgan fingerprint density at radius 2 is 1.90 bits per heavy atom. The summed E-state index contributed by atoms with van der Waals surface area (Å²) < 4.78 is 0. The molecule has 2 N–H and O–H groups in total. The van der Waals surface area contributed by atoms with Crippen molar-refractivity contribution in [2.75, 3.05) is 17.7 Å². The van der Waals surface area contributed by atoms with Gasteiger partial charge in [-0.2, -0.15) is 4.98 Å². The quantitative estimate of drug-likeness (QED) is 0.897. The molecule has 2 aromatic rings. The average molecular weight is 284 g/mol. The highest BCUT2D eigenvalue weighted by molar-refractivity contribution is 5.90. The Labute approximate surface area is 126 Å². The van der Waals surface area contributed by atoms with Gasteiger partial charge >= 0.3 is 0 Å². The molecular weight excluding hydrogens is 260 g/mol. The normalized spacial score (nSPS) is 25.8. The summed E-state index contributed by atoms with van der Waals surface area (Å²) in [5, 5.41) is 7.83. The lowest BCUT2D eigenvalue weighted by Crippen LogP contribution is -2.33. The maximum absolute atomic E-state index is 4.63. The van der Waals surface area contributed by atoms with Crippen molar-refractivity contribution in [1.29, 1.82) is 0 Å². The van der Waals surface area contributed by atoms with Crippen LogP contribution < -0.4 is 10.6 Å². The van der Waals surface area contributed by atoms with Gasteiger partial charge in [-0.25, -0.2) is 4.98 Å². The van der Waals surface area contributed by atoms with Crippen LogP contribution in [-0.2, 0) is 0 Å². The van der Waals surface area contributed by atoms with Gasteiger partial charge in [0.2, 0.25) is 5.95 Å². The van der Waals surface area contributed by atoms with Gasteiger partial charge in [0.05, 0.1) is 5.52 Å². The summed E-state index contributed by atoms with van der Waals surface area (Å²) in [5.41, 5.74) is 0.983. The molecule has 1 saturated carbocycles. The third-order valence-electron chi connectivity index (χ3n) is 4.58. The van der Waals surface area contributed by atoms with Crippen LogP contribution in [0.3, 0.4) is 0 Å². The van der Waals surface area contributed by atoms with E-state index in [9.17, 15) is 0 Å². The number of nitrogens with zero attached hydrogens (tertiary/aromatic N) is 2. The number of para-hydroxylation sites is 1. The largest absolute Gasteiger partial charge is 0.366 e. The van der Waals surface area contributed by atoms with Crippen LogP contribution in [0.5, 0.6) is 0 Å². The van der Waals surface area contributed by atoms with E-state index in [-0.39, 0.29) is 0 Å². The Morgan fingerprint density at radius 1 is 1.10 bits per heavy atom. The molecule has 112 valence electrons. The summed E-state index contributed by atoms with van der Waals surface area (Å²) in [5.74, 6) is 3.15. The molecular formula is C17H24N4. The predicted octanol–water partition coefficient (Wildman–Crippen LogP) is 3.91. The number of anilines is 2. The number of rotatable bonds is 3. The number of hydrogen-bond acceptors (Lipinski definition) is 4. The third-order valence-corrected chi connectivity index (χ3v) is 4.58. The van der Waals surface area contributed by atoms with E-state index in [2.05, 4.69) is 40.5 Å². The van der Waals surface area contributed by atoms with E-state index in [0.717, 1.165) is 22.6 Å². The lowest BCUT2D eigenvalue weighted by molar-refractivity contribution is 0.276. The first-order valence-electron chi connectivity index (χ1n) is 7.88. The molecule has 1 aromatic carbocycles. The fraction of sp³-hybridized carbons (Fsp3) is 0.529. The van der Waals surface area contributed by atoms with E-state index >= 15 is 0 Å². The smallest absolute Gasteiger partial charge is 0.224 e. The summed E-state index contributed by atoms with van der Waals surface area (Å²) in [4.78, 5) is 9.15. The minimum absolute atomic E-state index is 0.504.